The Morgan fingerprint density at radius 2 is 2.19 bits per heavy atom. The molecular weight excluding hydrogens is 220 g/mol. The fraction of sp³-hybridized carbons (Fsp3) is 0.636. The van der Waals surface area contributed by atoms with Crippen molar-refractivity contribution in [1.82, 2.24) is 9.97 Å². The van der Waals surface area contributed by atoms with Gasteiger partial charge in [-0.3, -0.25) is 0 Å². The molecule has 0 aliphatic carbocycles. The fourth-order valence-electron chi connectivity index (χ4n) is 1.48. The summed E-state index contributed by atoms with van der Waals surface area (Å²) in [4.78, 5) is 10.5. The number of nitrogens with one attached hydrogen (secondary N) is 1. The van der Waals surface area contributed by atoms with E-state index in [1.807, 2.05) is 13.1 Å². The van der Waals surface area contributed by atoms with E-state index in [2.05, 4.69) is 46.7 Å². The zero-order chi connectivity index (χ0) is 12.0. The quantitative estimate of drug-likeness (QED) is 0.745. The summed E-state index contributed by atoms with van der Waals surface area (Å²) in [6.07, 6.45) is 1.59. The molecule has 0 radical (unpaired) electrons. The Kier molecular flexibility index (Phi) is 5.38. The molecule has 0 aliphatic heterocycles. The third-order valence-electron chi connectivity index (χ3n) is 2.10. The molecule has 1 aromatic rings. The number of anilines is 2. The van der Waals surface area contributed by atoms with Crippen LogP contribution in [0.1, 0.15) is 13.8 Å². The first-order valence-electron chi connectivity index (χ1n) is 5.51. The molecule has 90 valence electrons. The first-order valence-corrected chi connectivity index (χ1v) is 6.14. The summed E-state index contributed by atoms with van der Waals surface area (Å²) in [5.74, 6) is 3.22. The van der Waals surface area contributed by atoms with E-state index in [1.165, 1.54) is 0 Å². The molecule has 0 fully saturated rings. The zero-order valence-corrected chi connectivity index (χ0v) is 11.0. The molecule has 1 aromatic heterocycles. The first-order chi connectivity index (χ1) is 7.63. The van der Waals surface area contributed by atoms with E-state index in [4.69, 9.17) is 0 Å². The Labute approximate surface area is 103 Å². The average molecular weight is 240 g/mol. The maximum absolute atomic E-state index is 4.26. The molecule has 0 saturated carbocycles. The summed E-state index contributed by atoms with van der Waals surface area (Å²) >= 11 is 4.15. The van der Waals surface area contributed by atoms with E-state index in [-0.39, 0.29) is 0 Å². The molecule has 0 spiro atoms. The van der Waals surface area contributed by atoms with Crippen LogP contribution in [0.2, 0.25) is 0 Å². The molecule has 0 amide bonds. The van der Waals surface area contributed by atoms with Gasteiger partial charge in [0.15, 0.2) is 0 Å². The summed E-state index contributed by atoms with van der Waals surface area (Å²) in [6.45, 7) is 6.19. The van der Waals surface area contributed by atoms with Gasteiger partial charge >= 0.3 is 0 Å². The lowest BCUT2D eigenvalue weighted by atomic mass is 10.2. The van der Waals surface area contributed by atoms with Gasteiger partial charge in [0.25, 0.3) is 0 Å². The van der Waals surface area contributed by atoms with Crippen LogP contribution in [0.3, 0.4) is 0 Å². The lowest BCUT2D eigenvalue weighted by Crippen LogP contribution is -2.23. The van der Waals surface area contributed by atoms with Gasteiger partial charge in [0, 0.05) is 32.0 Å². The zero-order valence-electron chi connectivity index (χ0n) is 10.1. The molecule has 0 aromatic carbocycles. The fourth-order valence-corrected chi connectivity index (χ4v) is 1.59. The molecule has 5 heteroatoms. The van der Waals surface area contributed by atoms with E-state index in [9.17, 15) is 0 Å². The first kappa shape index (κ1) is 13.1. The number of aromatic nitrogens is 2. The Morgan fingerprint density at radius 1 is 1.44 bits per heavy atom. The van der Waals surface area contributed by atoms with Gasteiger partial charge in [0.2, 0.25) is 0 Å². The van der Waals surface area contributed by atoms with Gasteiger partial charge in [-0.25, -0.2) is 9.97 Å². The monoisotopic (exact) mass is 240 g/mol. The second kappa shape index (κ2) is 6.58. The maximum atomic E-state index is 4.26. The van der Waals surface area contributed by atoms with Crippen molar-refractivity contribution in [2.45, 2.75) is 13.8 Å². The van der Waals surface area contributed by atoms with Gasteiger partial charge in [-0.05, 0) is 5.92 Å². The van der Waals surface area contributed by atoms with Crippen LogP contribution in [0.5, 0.6) is 0 Å². The highest BCUT2D eigenvalue weighted by molar-refractivity contribution is 7.80. The second-order valence-corrected chi connectivity index (χ2v) is 4.63. The molecule has 16 heavy (non-hydrogen) atoms. The van der Waals surface area contributed by atoms with Gasteiger partial charge in [-0.1, -0.05) is 13.8 Å². The van der Waals surface area contributed by atoms with Gasteiger partial charge in [0.1, 0.15) is 18.0 Å². The van der Waals surface area contributed by atoms with Crippen molar-refractivity contribution in [1.29, 1.82) is 0 Å². The van der Waals surface area contributed by atoms with Crippen molar-refractivity contribution in [2.75, 3.05) is 36.1 Å². The van der Waals surface area contributed by atoms with Crippen LogP contribution in [-0.2, 0) is 0 Å². The molecule has 0 aliphatic rings. The van der Waals surface area contributed by atoms with Gasteiger partial charge in [-0.15, -0.1) is 0 Å². The van der Waals surface area contributed by atoms with Crippen molar-refractivity contribution in [2.24, 2.45) is 5.92 Å². The van der Waals surface area contributed by atoms with Crippen LogP contribution in [0.4, 0.5) is 11.6 Å². The Hall–Kier alpha value is -0.970. The smallest absolute Gasteiger partial charge is 0.133 e. The van der Waals surface area contributed by atoms with Gasteiger partial charge < -0.3 is 10.2 Å². The number of thiol groups is 1. The number of nitrogens with zero attached hydrogens (tertiary/aromatic N) is 3. The third kappa shape index (κ3) is 4.26. The molecule has 0 saturated heterocycles. The van der Waals surface area contributed by atoms with E-state index >= 15 is 0 Å². The second-order valence-electron chi connectivity index (χ2n) is 4.19. The predicted molar refractivity (Wildman–Crippen MR) is 72.5 cm³/mol. The van der Waals surface area contributed by atoms with Crippen LogP contribution < -0.4 is 10.2 Å². The highest BCUT2D eigenvalue weighted by atomic mass is 32.1. The van der Waals surface area contributed by atoms with Gasteiger partial charge in [0.05, 0.1) is 0 Å². The minimum absolute atomic E-state index is 0.619. The van der Waals surface area contributed by atoms with E-state index in [0.29, 0.717) is 5.92 Å². The maximum Gasteiger partial charge on any atom is 0.133 e. The molecular formula is C11H20N4S. The van der Waals surface area contributed by atoms with Crippen LogP contribution >= 0.6 is 12.6 Å². The Balaban J connectivity index is 2.65. The van der Waals surface area contributed by atoms with Crippen molar-refractivity contribution in [3.05, 3.63) is 12.4 Å². The van der Waals surface area contributed by atoms with Crippen LogP contribution in [-0.4, -0.2) is 35.9 Å². The minimum atomic E-state index is 0.619. The summed E-state index contributed by atoms with van der Waals surface area (Å²) in [5.41, 5.74) is 0. The standard InChI is InChI=1S/C11H20N4S/c1-9(2)7-15(3)11-6-10(12-4-5-16)13-8-14-11/h6,8-9,16H,4-5,7H2,1-3H3,(H,12,13,14). The minimum Gasteiger partial charge on any atom is -0.369 e. The van der Waals surface area contributed by atoms with E-state index < -0.39 is 0 Å². The summed E-state index contributed by atoms with van der Waals surface area (Å²) in [6, 6.07) is 1.96. The molecule has 0 unspecified atom stereocenters. The number of rotatable bonds is 6. The van der Waals surface area contributed by atoms with Crippen molar-refractivity contribution >= 4 is 24.3 Å². The molecule has 0 bridgehead atoms. The van der Waals surface area contributed by atoms with Gasteiger partial charge in [-0.2, -0.15) is 12.6 Å². The summed E-state index contributed by atoms with van der Waals surface area (Å²) in [5, 5.41) is 3.19. The highest BCUT2D eigenvalue weighted by Crippen LogP contribution is 2.13. The Morgan fingerprint density at radius 3 is 2.81 bits per heavy atom. The number of hydrogen-bond acceptors (Lipinski definition) is 5. The lowest BCUT2D eigenvalue weighted by molar-refractivity contribution is 0.634. The number of hydrogen-bond donors (Lipinski definition) is 2. The summed E-state index contributed by atoms with van der Waals surface area (Å²) < 4.78 is 0. The average Bonchev–Trinajstić information content (AvgIpc) is 2.26. The molecule has 1 rings (SSSR count). The molecule has 0 atom stereocenters. The van der Waals surface area contributed by atoms with E-state index in [1.54, 1.807) is 6.33 Å². The molecule has 1 N–H and O–H groups in total. The van der Waals surface area contributed by atoms with Crippen LogP contribution in [0.25, 0.3) is 0 Å². The largest absolute Gasteiger partial charge is 0.369 e. The van der Waals surface area contributed by atoms with Crippen molar-refractivity contribution in [3.8, 4) is 0 Å². The topological polar surface area (TPSA) is 41.0 Å². The summed E-state index contributed by atoms with van der Waals surface area (Å²) in [7, 11) is 2.05. The molecule has 1 heterocycles. The molecule has 4 nitrogen and oxygen atoms in total. The van der Waals surface area contributed by atoms with Crippen molar-refractivity contribution in [3.63, 3.8) is 0 Å². The lowest BCUT2D eigenvalue weighted by Gasteiger charge is -2.20. The highest BCUT2D eigenvalue weighted by Gasteiger charge is 2.05. The normalized spacial score (nSPS) is 10.6. The SMILES string of the molecule is CC(C)CN(C)c1cc(NCCS)ncn1. The van der Waals surface area contributed by atoms with Crippen molar-refractivity contribution < 1.29 is 0 Å². The third-order valence-corrected chi connectivity index (χ3v) is 2.32. The van der Waals surface area contributed by atoms with Crippen LogP contribution in [0.15, 0.2) is 12.4 Å². The van der Waals surface area contributed by atoms with Crippen LogP contribution in [0, 0.1) is 5.92 Å². The van der Waals surface area contributed by atoms with E-state index in [0.717, 1.165) is 30.5 Å². The predicted octanol–water partition coefficient (Wildman–Crippen LogP) is 1.91. The Bertz CT molecular complexity index is 317.